The molecule has 2 aliphatic rings. The van der Waals surface area contributed by atoms with Gasteiger partial charge in [0.15, 0.2) is 5.13 Å². The minimum absolute atomic E-state index is 0.106. The molecule has 2 fully saturated rings. The molecular weight excluding hydrogens is 336 g/mol. The number of amides is 3. The van der Waals surface area contributed by atoms with Crippen molar-refractivity contribution < 1.29 is 9.59 Å². The topological polar surface area (TPSA) is 65.5 Å². The van der Waals surface area contributed by atoms with Gasteiger partial charge in [0.25, 0.3) is 0 Å². The molecule has 1 aliphatic heterocycles. The average Bonchev–Trinajstić information content (AvgIpc) is 3.21. The first-order chi connectivity index (χ1) is 12.2. The zero-order chi connectivity index (χ0) is 17.2. The molecule has 3 amide bonds. The van der Waals surface area contributed by atoms with Crippen LogP contribution >= 0.6 is 11.3 Å². The zero-order valence-corrected chi connectivity index (χ0v) is 14.7. The van der Waals surface area contributed by atoms with E-state index in [2.05, 4.69) is 22.4 Å². The van der Waals surface area contributed by atoms with E-state index >= 15 is 0 Å². The molecule has 1 saturated carbocycles. The summed E-state index contributed by atoms with van der Waals surface area (Å²) in [5.41, 5.74) is 1.89. The average molecular weight is 356 g/mol. The van der Waals surface area contributed by atoms with Crippen LogP contribution in [-0.2, 0) is 17.8 Å². The standard InChI is InChI=1S/C18H20N4O2S/c23-16(22(15-6-7-15)11-13-4-2-1-3-5-13)10-14-12-25-18(20-14)21-9-8-19-17(21)24/h1-5,12,15H,6-11H2,(H,19,24). The summed E-state index contributed by atoms with van der Waals surface area (Å²) < 4.78 is 0. The second-order valence-electron chi connectivity index (χ2n) is 6.42. The van der Waals surface area contributed by atoms with Gasteiger partial charge in [0.1, 0.15) is 0 Å². The Balaban J connectivity index is 1.43. The van der Waals surface area contributed by atoms with Gasteiger partial charge < -0.3 is 10.2 Å². The number of carbonyl (C=O) groups excluding carboxylic acids is 2. The molecule has 25 heavy (non-hydrogen) atoms. The number of nitrogens with one attached hydrogen (secondary N) is 1. The maximum Gasteiger partial charge on any atom is 0.323 e. The maximum absolute atomic E-state index is 12.8. The van der Waals surface area contributed by atoms with Crippen molar-refractivity contribution in [2.24, 2.45) is 0 Å². The van der Waals surface area contributed by atoms with Crippen molar-refractivity contribution in [3.05, 3.63) is 47.0 Å². The molecule has 0 radical (unpaired) electrons. The summed E-state index contributed by atoms with van der Waals surface area (Å²) in [5, 5.41) is 5.31. The molecule has 4 rings (SSSR count). The Morgan fingerprint density at radius 1 is 1.32 bits per heavy atom. The largest absolute Gasteiger partial charge is 0.336 e. The highest BCUT2D eigenvalue weighted by atomic mass is 32.1. The zero-order valence-electron chi connectivity index (χ0n) is 13.9. The minimum atomic E-state index is -0.115. The van der Waals surface area contributed by atoms with Crippen molar-refractivity contribution in [1.82, 2.24) is 15.2 Å². The first-order valence-electron chi connectivity index (χ1n) is 8.54. The lowest BCUT2D eigenvalue weighted by atomic mass is 10.2. The van der Waals surface area contributed by atoms with E-state index in [-0.39, 0.29) is 18.4 Å². The van der Waals surface area contributed by atoms with Crippen molar-refractivity contribution in [2.75, 3.05) is 18.0 Å². The second-order valence-corrected chi connectivity index (χ2v) is 7.26. The molecule has 7 heteroatoms. The van der Waals surface area contributed by atoms with Gasteiger partial charge >= 0.3 is 6.03 Å². The van der Waals surface area contributed by atoms with Crippen LogP contribution in [0.1, 0.15) is 24.1 Å². The molecule has 1 saturated heterocycles. The van der Waals surface area contributed by atoms with Gasteiger partial charge in [0.2, 0.25) is 5.91 Å². The van der Waals surface area contributed by atoms with Crippen molar-refractivity contribution in [3.63, 3.8) is 0 Å². The van der Waals surface area contributed by atoms with Crippen LogP contribution in [0.15, 0.2) is 35.7 Å². The fourth-order valence-corrected chi connectivity index (χ4v) is 3.85. The molecule has 0 spiro atoms. The lowest BCUT2D eigenvalue weighted by molar-refractivity contribution is -0.131. The number of hydrogen-bond donors (Lipinski definition) is 1. The summed E-state index contributed by atoms with van der Waals surface area (Å²) in [6.07, 6.45) is 2.44. The van der Waals surface area contributed by atoms with Crippen LogP contribution in [0.4, 0.5) is 9.93 Å². The smallest absolute Gasteiger partial charge is 0.323 e. The molecule has 1 N–H and O–H groups in total. The highest BCUT2D eigenvalue weighted by molar-refractivity contribution is 7.14. The van der Waals surface area contributed by atoms with Gasteiger partial charge in [-0.25, -0.2) is 9.78 Å². The van der Waals surface area contributed by atoms with Crippen LogP contribution in [-0.4, -0.2) is 41.0 Å². The van der Waals surface area contributed by atoms with E-state index < -0.39 is 0 Å². The van der Waals surface area contributed by atoms with Crippen molar-refractivity contribution >= 4 is 28.4 Å². The summed E-state index contributed by atoms with van der Waals surface area (Å²) >= 11 is 1.42. The maximum atomic E-state index is 12.8. The number of aromatic nitrogens is 1. The Labute approximate surface area is 150 Å². The fraction of sp³-hybridized carbons (Fsp3) is 0.389. The Morgan fingerprint density at radius 2 is 2.12 bits per heavy atom. The van der Waals surface area contributed by atoms with Crippen LogP contribution < -0.4 is 10.2 Å². The summed E-state index contributed by atoms with van der Waals surface area (Å²) in [6.45, 7) is 1.91. The summed E-state index contributed by atoms with van der Waals surface area (Å²) in [6, 6.07) is 10.3. The quantitative estimate of drug-likeness (QED) is 0.864. The van der Waals surface area contributed by atoms with Gasteiger partial charge in [-0.2, -0.15) is 0 Å². The van der Waals surface area contributed by atoms with Gasteiger partial charge in [0, 0.05) is 31.1 Å². The van der Waals surface area contributed by atoms with Crippen LogP contribution in [0.25, 0.3) is 0 Å². The lowest BCUT2D eigenvalue weighted by Crippen LogP contribution is -2.34. The molecule has 1 aromatic heterocycles. The van der Waals surface area contributed by atoms with Crippen molar-refractivity contribution in [2.45, 2.75) is 31.8 Å². The van der Waals surface area contributed by atoms with E-state index in [1.165, 1.54) is 11.3 Å². The normalized spacial score (nSPS) is 16.8. The number of carbonyl (C=O) groups is 2. The number of thiazole rings is 1. The molecule has 1 aromatic carbocycles. The predicted molar refractivity (Wildman–Crippen MR) is 96.6 cm³/mol. The van der Waals surface area contributed by atoms with Gasteiger partial charge in [-0.1, -0.05) is 30.3 Å². The van der Waals surface area contributed by atoms with E-state index in [1.807, 2.05) is 28.5 Å². The van der Waals surface area contributed by atoms with Crippen molar-refractivity contribution in [1.29, 1.82) is 0 Å². The molecule has 2 aromatic rings. The molecule has 130 valence electrons. The number of anilines is 1. The summed E-state index contributed by atoms with van der Waals surface area (Å²) in [4.78, 5) is 32.6. The lowest BCUT2D eigenvalue weighted by Gasteiger charge is -2.22. The first-order valence-corrected chi connectivity index (χ1v) is 9.42. The summed E-state index contributed by atoms with van der Waals surface area (Å²) in [5.74, 6) is 0.106. The molecule has 0 unspecified atom stereocenters. The number of urea groups is 1. The third-order valence-electron chi connectivity index (χ3n) is 4.46. The Bertz CT molecular complexity index is 772. The van der Waals surface area contributed by atoms with Crippen molar-refractivity contribution in [3.8, 4) is 0 Å². The second kappa shape index (κ2) is 6.84. The fourth-order valence-electron chi connectivity index (χ4n) is 3.00. The monoisotopic (exact) mass is 356 g/mol. The number of rotatable bonds is 6. The van der Waals surface area contributed by atoms with Crippen LogP contribution in [0.3, 0.4) is 0 Å². The first kappa shape index (κ1) is 16.1. The van der Waals surface area contributed by atoms with E-state index in [9.17, 15) is 9.59 Å². The van der Waals surface area contributed by atoms with E-state index in [1.54, 1.807) is 4.90 Å². The van der Waals surface area contributed by atoms with E-state index in [4.69, 9.17) is 0 Å². The van der Waals surface area contributed by atoms with E-state index in [0.29, 0.717) is 30.8 Å². The number of hydrogen-bond acceptors (Lipinski definition) is 4. The third-order valence-corrected chi connectivity index (χ3v) is 5.38. The van der Waals surface area contributed by atoms with Crippen LogP contribution in [0, 0.1) is 0 Å². The number of benzene rings is 1. The molecule has 0 atom stereocenters. The molecular formula is C18H20N4O2S. The van der Waals surface area contributed by atoms with Crippen LogP contribution in [0.5, 0.6) is 0 Å². The Hall–Kier alpha value is -2.41. The molecule has 6 nitrogen and oxygen atoms in total. The minimum Gasteiger partial charge on any atom is -0.336 e. The predicted octanol–water partition coefficient (Wildman–Crippen LogP) is 2.41. The third kappa shape index (κ3) is 3.66. The van der Waals surface area contributed by atoms with E-state index in [0.717, 1.165) is 24.1 Å². The highest BCUT2D eigenvalue weighted by Gasteiger charge is 2.33. The Morgan fingerprint density at radius 3 is 2.80 bits per heavy atom. The Kier molecular flexibility index (Phi) is 4.40. The van der Waals surface area contributed by atoms with Gasteiger partial charge in [0.05, 0.1) is 12.1 Å². The molecule has 1 aliphatic carbocycles. The van der Waals surface area contributed by atoms with Gasteiger partial charge in [-0.05, 0) is 18.4 Å². The van der Waals surface area contributed by atoms with Gasteiger partial charge in [-0.15, -0.1) is 11.3 Å². The molecule has 2 heterocycles. The number of nitrogens with zero attached hydrogens (tertiary/aromatic N) is 3. The SMILES string of the molecule is O=C1NCCN1c1nc(CC(=O)N(Cc2ccccc2)C2CC2)cs1. The summed E-state index contributed by atoms with van der Waals surface area (Å²) in [7, 11) is 0. The highest BCUT2D eigenvalue weighted by Crippen LogP contribution is 2.29. The van der Waals surface area contributed by atoms with Gasteiger partial charge in [-0.3, -0.25) is 9.69 Å². The van der Waals surface area contributed by atoms with Crippen LogP contribution in [0.2, 0.25) is 0 Å². The molecule has 0 bridgehead atoms.